The van der Waals surface area contributed by atoms with E-state index in [1.54, 1.807) is 36.4 Å². The van der Waals surface area contributed by atoms with Gasteiger partial charge in [0.05, 0.1) is 39.5 Å². The second-order valence-corrected chi connectivity index (χ2v) is 7.43. The Labute approximate surface area is 152 Å². The van der Waals surface area contributed by atoms with Crippen LogP contribution in [0, 0.1) is 0 Å². The molecule has 0 amide bonds. The number of nitrogens with zero attached hydrogens (tertiary/aromatic N) is 1. The highest BCUT2D eigenvalue weighted by Gasteiger charge is 2.46. The van der Waals surface area contributed by atoms with Crippen molar-refractivity contribution in [3.05, 3.63) is 48.0 Å². The van der Waals surface area contributed by atoms with Gasteiger partial charge in [-0.2, -0.15) is 0 Å². The Morgan fingerprint density at radius 1 is 1.08 bits per heavy atom. The minimum absolute atomic E-state index is 0.0403. The van der Waals surface area contributed by atoms with E-state index in [9.17, 15) is 13.2 Å². The third-order valence-electron chi connectivity index (χ3n) is 4.27. The fourth-order valence-electron chi connectivity index (χ4n) is 3.11. The number of hydrogen-bond acceptors (Lipinski definition) is 6. The Balaban J connectivity index is 2.27. The average molecular weight is 377 g/mol. The molecule has 8 heteroatoms. The van der Waals surface area contributed by atoms with Crippen LogP contribution in [0.1, 0.15) is 18.0 Å². The molecule has 138 valence electrons. The van der Waals surface area contributed by atoms with Crippen LogP contribution in [-0.2, 0) is 19.6 Å². The van der Waals surface area contributed by atoms with Gasteiger partial charge in [-0.3, -0.25) is 9.10 Å². The quantitative estimate of drug-likeness (QED) is 0.745. The van der Waals surface area contributed by atoms with E-state index in [-0.39, 0.29) is 17.1 Å². The fourth-order valence-corrected chi connectivity index (χ4v) is 5.12. The molecule has 1 heterocycles. The highest BCUT2D eigenvalue weighted by Crippen LogP contribution is 2.49. The molecular formula is C18H19NO6S. The molecule has 1 unspecified atom stereocenters. The van der Waals surface area contributed by atoms with Crippen LogP contribution in [-0.4, -0.2) is 35.7 Å². The Morgan fingerprint density at radius 3 is 2.35 bits per heavy atom. The Morgan fingerprint density at radius 2 is 1.77 bits per heavy atom. The van der Waals surface area contributed by atoms with Crippen LogP contribution in [0.4, 0.5) is 5.69 Å². The van der Waals surface area contributed by atoms with E-state index in [1.165, 1.54) is 31.7 Å². The Hall–Kier alpha value is -2.74. The number of benzene rings is 2. The number of carbonyl (C=O) groups is 1. The van der Waals surface area contributed by atoms with Crippen molar-refractivity contribution in [1.82, 2.24) is 0 Å². The maximum Gasteiger partial charge on any atom is 0.307 e. The molecule has 2 aromatic carbocycles. The third-order valence-corrected chi connectivity index (χ3v) is 6.21. The fraction of sp³-hybridized carbons (Fsp3) is 0.278. The number of anilines is 1. The molecule has 0 saturated carbocycles. The van der Waals surface area contributed by atoms with Crippen LogP contribution >= 0.6 is 0 Å². The lowest BCUT2D eigenvalue weighted by molar-refractivity contribution is -0.141. The van der Waals surface area contributed by atoms with Crippen molar-refractivity contribution in [2.75, 3.05) is 25.6 Å². The standard InChI is InChI=1S/C18H19NO6S/c1-23-13-9-14-15(11-17(20)25-3)19(12-7-5-4-6-8-12)26(21,22)18(14)16(10-13)24-2/h4-10,15H,11H2,1-3H3. The summed E-state index contributed by atoms with van der Waals surface area (Å²) in [5, 5.41) is 0. The van der Waals surface area contributed by atoms with Crippen LogP contribution < -0.4 is 13.8 Å². The van der Waals surface area contributed by atoms with Gasteiger partial charge in [0.15, 0.2) is 0 Å². The van der Waals surface area contributed by atoms with Gasteiger partial charge in [0.2, 0.25) is 0 Å². The number of carbonyl (C=O) groups excluding carboxylic acids is 1. The largest absolute Gasteiger partial charge is 0.497 e. The topological polar surface area (TPSA) is 82.1 Å². The first kappa shape index (κ1) is 18.1. The van der Waals surface area contributed by atoms with Crippen molar-refractivity contribution in [3.8, 4) is 11.5 Å². The Bertz CT molecular complexity index is 926. The number of sulfonamides is 1. The van der Waals surface area contributed by atoms with Crippen LogP contribution in [0.25, 0.3) is 0 Å². The first-order valence-electron chi connectivity index (χ1n) is 7.86. The summed E-state index contributed by atoms with van der Waals surface area (Å²) >= 11 is 0. The molecule has 0 bridgehead atoms. The second kappa shape index (κ2) is 6.87. The lowest BCUT2D eigenvalue weighted by Gasteiger charge is -2.24. The van der Waals surface area contributed by atoms with E-state index in [4.69, 9.17) is 14.2 Å². The number of methoxy groups -OCH3 is 3. The van der Waals surface area contributed by atoms with Crippen molar-refractivity contribution in [1.29, 1.82) is 0 Å². The molecule has 3 rings (SSSR count). The molecule has 0 N–H and O–H groups in total. The van der Waals surface area contributed by atoms with Gasteiger partial charge in [-0.25, -0.2) is 8.42 Å². The maximum atomic E-state index is 13.3. The van der Waals surface area contributed by atoms with Crippen LogP contribution in [0.15, 0.2) is 47.4 Å². The molecule has 7 nitrogen and oxygen atoms in total. The minimum Gasteiger partial charge on any atom is -0.497 e. The SMILES string of the molecule is COC(=O)CC1c2cc(OC)cc(OC)c2S(=O)(=O)N1c1ccccc1. The zero-order chi connectivity index (χ0) is 18.9. The number of rotatable bonds is 5. The average Bonchev–Trinajstić information content (AvgIpc) is 2.88. The van der Waals surface area contributed by atoms with E-state index in [0.29, 0.717) is 17.0 Å². The molecule has 1 aliphatic rings. The summed E-state index contributed by atoms with van der Waals surface area (Å²) in [5.41, 5.74) is 0.897. The molecule has 0 aliphatic carbocycles. The highest BCUT2D eigenvalue weighted by atomic mass is 32.2. The van der Waals surface area contributed by atoms with Gasteiger partial charge in [-0.1, -0.05) is 18.2 Å². The molecule has 0 aromatic heterocycles. The van der Waals surface area contributed by atoms with Gasteiger partial charge in [0.25, 0.3) is 10.0 Å². The molecule has 26 heavy (non-hydrogen) atoms. The normalized spacial score (nSPS) is 17.5. The summed E-state index contributed by atoms with van der Waals surface area (Å²) < 4.78 is 43.2. The smallest absolute Gasteiger partial charge is 0.307 e. The summed E-state index contributed by atoms with van der Waals surface area (Å²) in [4.78, 5) is 12.0. The maximum absolute atomic E-state index is 13.3. The zero-order valence-corrected chi connectivity index (χ0v) is 15.4. The van der Waals surface area contributed by atoms with Crippen LogP contribution in [0.3, 0.4) is 0 Å². The molecule has 0 radical (unpaired) electrons. The van der Waals surface area contributed by atoms with Crippen molar-refractivity contribution in [2.45, 2.75) is 17.4 Å². The number of ether oxygens (including phenoxy) is 3. The molecule has 1 atom stereocenters. The van der Waals surface area contributed by atoms with Gasteiger partial charge < -0.3 is 14.2 Å². The van der Waals surface area contributed by atoms with Crippen molar-refractivity contribution in [3.63, 3.8) is 0 Å². The lowest BCUT2D eigenvalue weighted by atomic mass is 10.0. The third kappa shape index (κ3) is 2.86. The van der Waals surface area contributed by atoms with Crippen molar-refractivity contribution >= 4 is 21.7 Å². The molecule has 1 aliphatic heterocycles. The highest BCUT2D eigenvalue weighted by molar-refractivity contribution is 7.93. The first-order chi connectivity index (χ1) is 12.4. The van der Waals surface area contributed by atoms with Crippen molar-refractivity contribution in [2.24, 2.45) is 0 Å². The number of hydrogen-bond donors (Lipinski definition) is 0. The summed E-state index contributed by atoms with van der Waals surface area (Å²) in [6.45, 7) is 0. The van der Waals surface area contributed by atoms with Gasteiger partial charge in [-0.15, -0.1) is 0 Å². The van der Waals surface area contributed by atoms with E-state index in [2.05, 4.69) is 0 Å². The summed E-state index contributed by atoms with van der Waals surface area (Å²) in [6.07, 6.45) is -0.131. The zero-order valence-electron chi connectivity index (χ0n) is 14.6. The number of para-hydroxylation sites is 1. The summed E-state index contributed by atoms with van der Waals surface area (Å²) in [7, 11) is 0.219. The van der Waals surface area contributed by atoms with Gasteiger partial charge >= 0.3 is 5.97 Å². The monoisotopic (exact) mass is 377 g/mol. The second-order valence-electron chi connectivity index (χ2n) is 5.68. The van der Waals surface area contributed by atoms with E-state index in [0.717, 1.165) is 0 Å². The first-order valence-corrected chi connectivity index (χ1v) is 9.30. The van der Waals surface area contributed by atoms with Gasteiger partial charge in [0.1, 0.15) is 16.4 Å². The predicted octanol–water partition coefficient (Wildman–Crippen LogP) is 2.52. The summed E-state index contributed by atoms with van der Waals surface area (Å²) in [6, 6.07) is 11.0. The molecule has 0 spiro atoms. The van der Waals surface area contributed by atoms with Crippen LogP contribution in [0.2, 0.25) is 0 Å². The molecular weight excluding hydrogens is 358 g/mol. The molecule has 2 aromatic rings. The van der Waals surface area contributed by atoms with E-state index >= 15 is 0 Å². The number of esters is 1. The van der Waals surface area contributed by atoms with Gasteiger partial charge in [0, 0.05) is 11.6 Å². The van der Waals surface area contributed by atoms with E-state index < -0.39 is 22.0 Å². The van der Waals surface area contributed by atoms with Gasteiger partial charge in [-0.05, 0) is 18.2 Å². The summed E-state index contributed by atoms with van der Waals surface area (Å²) in [5.74, 6) is 0.106. The predicted molar refractivity (Wildman–Crippen MR) is 95.0 cm³/mol. The lowest BCUT2D eigenvalue weighted by Crippen LogP contribution is -2.29. The minimum atomic E-state index is -3.93. The van der Waals surface area contributed by atoms with Crippen LogP contribution in [0.5, 0.6) is 11.5 Å². The van der Waals surface area contributed by atoms with E-state index in [1.807, 2.05) is 0 Å². The molecule has 0 fully saturated rings. The Kier molecular flexibility index (Phi) is 4.78. The molecule has 0 saturated heterocycles. The number of fused-ring (bicyclic) bond motifs is 1. The van der Waals surface area contributed by atoms with Crippen molar-refractivity contribution < 1.29 is 27.4 Å².